The van der Waals surface area contributed by atoms with Crippen LogP contribution in [-0.4, -0.2) is 28.2 Å². The summed E-state index contributed by atoms with van der Waals surface area (Å²) >= 11 is 0. The van der Waals surface area contributed by atoms with Crippen LogP contribution in [0, 0.1) is 0 Å². The van der Waals surface area contributed by atoms with E-state index in [0.717, 1.165) is 0 Å². The molecule has 17 heavy (non-hydrogen) atoms. The summed E-state index contributed by atoms with van der Waals surface area (Å²) in [4.78, 5) is 15.3. The molecule has 88 valence electrons. The van der Waals surface area contributed by atoms with Gasteiger partial charge in [-0.05, 0) is 18.2 Å². The normalized spacial score (nSPS) is 10.6. The predicted molar refractivity (Wildman–Crippen MR) is 59.3 cm³/mol. The number of H-pyrrole nitrogens is 1. The molecule has 0 aromatic carbocycles. The molecule has 7 heteroatoms. The van der Waals surface area contributed by atoms with Crippen LogP contribution in [0.15, 0.2) is 28.9 Å². The first kappa shape index (κ1) is 10.9. The number of nitrogens with one attached hydrogen (secondary N) is 2. The van der Waals surface area contributed by atoms with Gasteiger partial charge in [-0.3, -0.25) is 10.1 Å². The van der Waals surface area contributed by atoms with Gasteiger partial charge < -0.3 is 9.15 Å². The molecule has 0 aliphatic heterocycles. The number of nitrogens with zero attached hydrogens (tertiary/aromatic N) is 2. The Bertz CT molecular complexity index is 515. The molecule has 0 aliphatic rings. The standard InChI is InChI=1S/C10H10N4O3/c1-16-10-12-9(13-14-10)11-8(15)5-4-7-3-2-6-17-7/h2-6H,1H3,(H2,11,12,13,14,15)/b5-4+. The van der Waals surface area contributed by atoms with Crippen LogP contribution in [0.2, 0.25) is 0 Å². The van der Waals surface area contributed by atoms with Gasteiger partial charge in [-0.1, -0.05) is 0 Å². The van der Waals surface area contributed by atoms with Gasteiger partial charge in [0.15, 0.2) is 0 Å². The molecule has 2 rings (SSSR count). The van der Waals surface area contributed by atoms with Crippen molar-refractivity contribution in [3.05, 3.63) is 30.2 Å². The molecule has 7 nitrogen and oxygen atoms in total. The van der Waals surface area contributed by atoms with Gasteiger partial charge in [0.25, 0.3) is 5.91 Å². The third-order valence-electron chi connectivity index (χ3n) is 1.83. The highest BCUT2D eigenvalue weighted by atomic mass is 16.5. The Morgan fingerprint density at radius 3 is 3.18 bits per heavy atom. The van der Waals surface area contributed by atoms with Crippen molar-refractivity contribution in [2.45, 2.75) is 0 Å². The lowest BCUT2D eigenvalue weighted by atomic mass is 10.4. The minimum Gasteiger partial charge on any atom is -0.466 e. The number of ether oxygens (including phenoxy) is 1. The van der Waals surface area contributed by atoms with E-state index in [1.165, 1.54) is 19.4 Å². The average Bonchev–Trinajstić information content (AvgIpc) is 2.97. The molecule has 0 atom stereocenters. The molecule has 0 aliphatic carbocycles. The quantitative estimate of drug-likeness (QED) is 0.771. The second-order valence-corrected chi connectivity index (χ2v) is 3.01. The fourth-order valence-electron chi connectivity index (χ4n) is 1.10. The van der Waals surface area contributed by atoms with Gasteiger partial charge >= 0.3 is 6.01 Å². The van der Waals surface area contributed by atoms with Crippen molar-refractivity contribution in [2.24, 2.45) is 0 Å². The number of carbonyl (C=O) groups is 1. The Morgan fingerprint density at radius 2 is 2.53 bits per heavy atom. The molecular formula is C10H10N4O3. The lowest BCUT2D eigenvalue weighted by Crippen LogP contribution is -2.08. The maximum Gasteiger partial charge on any atom is 0.336 e. The molecule has 0 fully saturated rings. The third kappa shape index (κ3) is 2.94. The van der Waals surface area contributed by atoms with Crippen LogP contribution in [0.1, 0.15) is 5.76 Å². The van der Waals surface area contributed by atoms with Crippen molar-refractivity contribution < 1.29 is 13.9 Å². The van der Waals surface area contributed by atoms with Gasteiger partial charge in [-0.2, -0.15) is 4.98 Å². The summed E-state index contributed by atoms with van der Waals surface area (Å²) in [6.07, 6.45) is 4.40. The van der Waals surface area contributed by atoms with Crippen molar-refractivity contribution in [3.8, 4) is 6.01 Å². The van der Waals surface area contributed by atoms with Gasteiger partial charge in [-0.25, -0.2) is 5.10 Å². The van der Waals surface area contributed by atoms with Crippen LogP contribution >= 0.6 is 0 Å². The Hall–Kier alpha value is -2.57. The minimum atomic E-state index is -0.347. The molecule has 2 heterocycles. The third-order valence-corrected chi connectivity index (χ3v) is 1.83. The Balaban J connectivity index is 1.93. The number of furan rings is 1. The molecule has 1 amide bonds. The summed E-state index contributed by atoms with van der Waals surface area (Å²) in [5.74, 6) is 0.464. The number of methoxy groups -OCH3 is 1. The first-order valence-corrected chi connectivity index (χ1v) is 4.77. The number of hydrogen-bond acceptors (Lipinski definition) is 5. The Kier molecular flexibility index (Phi) is 3.20. The topological polar surface area (TPSA) is 93.0 Å². The molecule has 2 N–H and O–H groups in total. The van der Waals surface area contributed by atoms with Gasteiger partial charge in [0, 0.05) is 6.08 Å². The van der Waals surface area contributed by atoms with Crippen LogP contribution in [-0.2, 0) is 4.79 Å². The van der Waals surface area contributed by atoms with Crippen LogP contribution in [0.25, 0.3) is 6.08 Å². The number of amides is 1. The molecular weight excluding hydrogens is 224 g/mol. The summed E-state index contributed by atoms with van der Waals surface area (Å²) in [7, 11) is 1.44. The number of hydrogen-bond donors (Lipinski definition) is 2. The maximum atomic E-state index is 11.4. The summed E-state index contributed by atoms with van der Waals surface area (Å²) < 4.78 is 9.79. The monoisotopic (exact) mass is 234 g/mol. The zero-order valence-electron chi connectivity index (χ0n) is 9.01. The Labute approximate surface area is 96.5 Å². The van der Waals surface area contributed by atoms with Crippen molar-refractivity contribution in [1.29, 1.82) is 0 Å². The van der Waals surface area contributed by atoms with E-state index in [4.69, 9.17) is 9.15 Å². The molecule has 0 unspecified atom stereocenters. The zero-order valence-corrected chi connectivity index (χ0v) is 9.01. The second kappa shape index (κ2) is 4.97. The molecule has 0 bridgehead atoms. The number of aromatic nitrogens is 3. The van der Waals surface area contributed by atoms with Gasteiger partial charge in [0.05, 0.1) is 13.4 Å². The largest absolute Gasteiger partial charge is 0.466 e. The van der Waals surface area contributed by atoms with Crippen LogP contribution in [0.5, 0.6) is 6.01 Å². The first-order valence-electron chi connectivity index (χ1n) is 4.77. The van der Waals surface area contributed by atoms with Crippen molar-refractivity contribution in [2.75, 3.05) is 12.4 Å². The van der Waals surface area contributed by atoms with E-state index in [-0.39, 0.29) is 17.9 Å². The number of anilines is 1. The molecule has 2 aromatic rings. The Morgan fingerprint density at radius 1 is 1.65 bits per heavy atom. The van der Waals surface area contributed by atoms with Crippen molar-refractivity contribution in [1.82, 2.24) is 15.2 Å². The van der Waals surface area contributed by atoms with Crippen LogP contribution in [0.3, 0.4) is 0 Å². The lowest BCUT2D eigenvalue weighted by Gasteiger charge is -1.93. The highest BCUT2D eigenvalue weighted by Gasteiger charge is 2.04. The molecule has 0 saturated heterocycles. The van der Waals surface area contributed by atoms with Gasteiger partial charge in [-0.15, -0.1) is 5.10 Å². The fraction of sp³-hybridized carbons (Fsp3) is 0.100. The van der Waals surface area contributed by atoms with E-state index in [2.05, 4.69) is 20.5 Å². The molecule has 0 spiro atoms. The van der Waals surface area contributed by atoms with Crippen LogP contribution < -0.4 is 10.1 Å². The summed E-state index contributed by atoms with van der Waals surface area (Å²) in [6.45, 7) is 0. The van der Waals surface area contributed by atoms with E-state index in [0.29, 0.717) is 5.76 Å². The lowest BCUT2D eigenvalue weighted by molar-refractivity contribution is -0.111. The fourth-order valence-corrected chi connectivity index (χ4v) is 1.10. The highest BCUT2D eigenvalue weighted by Crippen LogP contribution is 2.05. The summed E-state index contributed by atoms with van der Waals surface area (Å²) in [5.41, 5.74) is 0. The molecule has 0 saturated carbocycles. The SMILES string of the molecule is COc1n[nH]c(NC(=O)/C=C/c2ccco2)n1. The predicted octanol–water partition coefficient (Wildman–Crippen LogP) is 1.06. The minimum absolute atomic E-state index is 0.162. The van der Waals surface area contributed by atoms with E-state index in [9.17, 15) is 4.79 Å². The zero-order chi connectivity index (χ0) is 12.1. The number of rotatable bonds is 4. The van der Waals surface area contributed by atoms with Gasteiger partial charge in [0.1, 0.15) is 5.76 Å². The molecule has 2 aromatic heterocycles. The maximum absolute atomic E-state index is 11.4. The number of aromatic amines is 1. The van der Waals surface area contributed by atoms with Gasteiger partial charge in [0.2, 0.25) is 5.95 Å². The van der Waals surface area contributed by atoms with E-state index in [1.807, 2.05) is 0 Å². The van der Waals surface area contributed by atoms with E-state index < -0.39 is 0 Å². The molecule has 0 radical (unpaired) electrons. The van der Waals surface area contributed by atoms with E-state index in [1.54, 1.807) is 18.2 Å². The van der Waals surface area contributed by atoms with E-state index >= 15 is 0 Å². The summed E-state index contributed by atoms with van der Waals surface area (Å²) in [6, 6.07) is 3.63. The first-order chi connectivity index (χ1) is 8.28. The van der Waals surface area contributed by atoms with Crippen molar-refractivity contribution in [3.63, 3.8) is 0 Å². The van der Waals surface area contributed by atoms with Crippen molar-refractivity contribution >= 4 is 17.9 Å². The number of carbonyl (C=O) groups excluding carboxylic acids is 1. The highest BCUT2D eigenvalue weighted by molar-refractivity contribution is 6.00. The van der Waals surface area contributed by atoms with Crippen LogP contribution in [0.4, 0.5) is 5.95 Å². The smallest absolute Gasteiger partial charge is 0.336 e. The summed E-state index contributed by atoms with van der Waals surface area (Å²) in [5, 5.41) is 8.67. The second-order valence-electron chi connectivity index (χ2n) is 3.01. The average molecular weight is 234 g/mol.